The summed E-state index contributed by atoms with van der Waals surface area (Å²) < 4.78 is 1.62. The third kappa shape index (κ3) is 3.37. The van der Waals surface area contributed by atoms with E-state index in [1.165, 1.54) is 0 Å². The van der Waals surface area contributed by atoms with Crippen molar-refractivity contribution in [1.29, 1.82) is 0 Å². The standard InChI is InChI=1S/C14H17ClN4O/c1-2-10(16)9-13(20)18-12-6-3-5-11(15)14(12)19-8-4-7-17-19/h3-8,10H,2,9,16H2,1H3,(H,18,20). The van der Waals surface area contributed by atoms with Crippen LogP contribution in [0.4, 0.5) is 5.69 Å². The number of halogens is 1. The van der Waals surface area contributed by atoms with Crippen LogP contribution in [0.2, 0.25) is 5.02 Å². The van der Waals surface area contributed by atoms with Crippen molar-refractivity contribution in [1.82, 2.24) is 9.78 Å². The molecule has 0 radical (unpaired) electrons. The Kier molecular flexibility index (Phi) is 4.76. The van der Waals surface area contributed by atoms with Crippen molar-refractivity contribution in [2.24, 2.45) is 5.73 Å². The quantitative estimate of drug-likeness (QED) is 0.889. The number of nitrogens with one attached hydrogen (secondary N) is 1. The second-order valence-corrected chi connectivity index (χ2v) is 4.91. The van der Waals surface area contributed by atoms with Gasteiger partial charge in [-0.25, -0.2) is 4.68 Å². The lowest BCUT2D eigenvalue weighted by atomic mass is 10.1. The Morgan fingerprint density at radius 2 is 2.30 bits per heavy atom. The molecule has 0 saturated carbocycles. The molecule has 1 unspecified atom stereocenters. The van der Waals surface area contributed by atoms with Crippen molar-refractivity contribution < 1.29 is 4.79 Å². The fraction of sp³-hybridized carbons (Fsp3) is 0.286. The van der Waals surface area contributed by atoms with E-state index >= 15 is 0 Å². The molecule has 20 heavy (non-hydrogen) atoms. The maximum absolute atomic E-state index is 12.0. The fourth-order valence-electron chi connectivity index (χ4n) is 1.83. The summed E-state index contributed by atoms with van der Waals surface area (Å²) in [6.45, 7) is 1.95. The summed E-state index contributed by atoms with van der Waals surface area (Å²) in [5.74, 6) is -0.130. The van der Waals surface area contributed by atoms with Gasteiger partial charge < -0.3 is 11.1 Å². The first-order valence-electron chi connectivity index (χ1n) is 6.45. The van der Waals surface area contributed by atoms with Crippen LogP contribution in [0.5, 0.6) is 0 Å². The molecule has 0 spiro atoms. The lowest BCUT2D eigenvalue weighted by molar-refractivity contribution is -0.116. The van der Waals surface area contributed by atoms with Gasteiger partial charge >= 0.3 is 0 Å². The van der Waals surface area contributed by atoms with Gasteiger partial charge in [0.1, 0.15) is 5.69 Å². The number of anilines is 1. The summed E-state index contributed by atoms with van der Waals surface area (Å²) in [5.41, 5.74) is 7.06. The number of aromatic nitrogens is 2. The number of hydrogen-bond donors (Lipinski definition) is 2. The molecule has 106 valence electrons. The van der Waals surface area contributed by atoms with E-state index in [9.17, 15) is 4.79 Å². The highest BCUT2D eigenvalue weighted by Gasteiger charge is 2.13. The van der Waals surface area contributed by atoms with Crippen molar-refractivity contribution >= 4 is 23.2 Å². The Hall–Kier alpha value is -1.85. The molecule has 6 heteroatoms. The number of amides is 1. The zero-order valence-corrected chi connectivity index (χ0v) is 12.0. The first-order valence-corrected chi connectivity index (χ1v) is 6.83. The summed E-state index contributed by atoms with van der Waals surface area (Å²) in [5, 5.41) is 7.51. The van der Waals surface area contributed by atoms with Crippen molar-refractivity contribution in [2.45, 2.75) is 25.8 Å². The maximum Gasteiger partial charge on any atom is 0.225 e. The van der Waals surface area contributed by atoms with E-state index in [2.05, 4.69) is 10.4 Å². The predicted octanol–water partition coefficient (Wildman–Crippen LogP) is 2.59. The summed E-state index contributed by atoms with van der Waals surface area (Å²) in [6.07, 6.45) is 4.47. The number of hydrogen-bond acceptors (Lipinski definition) is 3. The highest BCUT2D eigenvalue weighted by molar-refractivity contribution is 6.33. The van der Waals surface area contributed by atoms with Gasteiger partial charge in [0.15, 0.2) is 0 Å². The van der Waals surface area contributed by atoms with E-state index in [-0.39, 0.29) is 18.4 Å². The molecule has 1 aromatic heterocycles. The molecule has 5 nitrogen and oxygen atoms in total. The smallest absolute Gasteiger partial charge is 0.225 e. The Morgan fingerprint density at radius 3 is 2.95 bits per heavy atom. The first kappa shape index (κ1) is 14.6. The molecule has 0 aliphatic rings. The summed E-state index contributed by atoms with van der Waals surface area (Å²) in [7, 11) is 0. The fourth-order valence-corrected chi connectivity index (χ4v) is 2.09. The van der Waals surface area contributed by atoms with Gasteiger partial charge in [-0.05, 0) is 24.6 Å². The van der Waals surface area contributed by atoms with Crippen molar-refractivity contribution in [3.63, 3.8) is 0 Å². The second-order valence-electron chi connectivity index (χ2n) is 4.51. The molecule has 1 aromatic carbocycles. The number of benzene rings is 1. The van der Waals surface area contributed by atoms with Crippen molar-refractivity contribution in [3.8, 4) is 5.69 Å². The Morgan fingerprint density at radius 1 is 1.50 bits per heavy atom. The zero-order chi connectivity index (χ0) is 14.5. The third-order valence-corrected chi connectivity index (χ3v) is 3.27. The predicted molar refractivity (Wildman–Crippen MR) is 80.1 cm³/mol. The lowest BCUT2D eigenvalue weighted by Gasteiger charge is -2.14. The molecule has 0 bridgehead atoms. The molecular formula is C14H17ClN4O. The van der Waals surface area contributed by atoms with Crippen LogP contribution in [0.1, 0.15) is 19.8 Å². The minimum absolute atomic E-state index is 0.130. The van der Waals surface area contributed by atoms with Gasteiger partial charge in [0.05, 0.1) is 10.7 Å². The van der Waals surface area contributed by atoms with Gasteiger partial charge in [-0.1, -0.05) is 24.6 Å². The highest BCUT2D eigenvalue weighted by atomic mass is 35.5. The normalized spacial score (nSPS) is 12.2. The van der Waals surface area contributed by atoms with Crippen LogP contribution in [0.15, 0.2) is 36.7 Å². The van der Waals surface area contributed by atoms with Crippen LogP contribution >= 0.6 is 11.6 Å². The largest absolute Gasteiger partial charge is 0.327 e. The van der Waals surface area contributed by atoms with Crippen molar-refractivity contribution in [3.05, 3.63) is 41.7 Å². The number of nitrogens with two attached hydrogens (primary N) is 1. The first-order chi connectivity index (χ1) is 9.61. The van der Waals surface area contributed by atoms with Gasteiger partial charge in [0.25, 0.3) is 0 Å². The van der Waals surface area contributed by atoms with E-state index in [1.807, 2.05) is 6.92 Å². The zero-order valence-electron chi connectivity index (χ0n) is 11.2. The van der Waals surface area contributed by atoms with Crippen LogP contribution in [-0.4, -0.2) is 21.7 Å². The molecule has 0 aliphatic heterocycles. The molecule has 0 fully saturated rings. The third-order valence-electron chi connectivity index (χ3n) is 2.97. The van der Waals surface area contributed by atoms with Crippen LogP contribution in [0.3, 0.4) is 0 Å². The van der Waals surface area contributed by atoms with Gasteiger partial charge in [-0.2, -0.15) is 5.10 Å². The molecule has 1 heterocycles. The summed E-state index contributed by atoms with van der Waals surface area (Å²) >= 11 is 6.20. The van der Waals surface area contributed by atoms with Crippen LogP contribution < -0.4 is 11.1 Å². The molecule has 1 atom stereocenters. The molecule has 0 aliphatic carbocycles. The lowest BCUT2D eigenvalue weighted by Crippen LogP contribution is -2.26. The maximum atomic E-state index is 12.0. The Bertz CT molecular complexity index is 583. The molecule has 0 saturated heterocycles. The molecule has 3 N–H and O–H groups in total. The number of nitrogens with zero attached hydrogens (tertiary/aromatic N) is 2. The van der Waals surface area contributed by atoms with E-state index in [0.29, 0.717) is 16.4 Å². The SMILES string of the molecule is CCC(N)CC(=O)Nc1cccc(Cl)c1-n1cccn1. The van der Waals surface area contributed by atoms with E-state index in [4.69, 9.17) is 17.3 Å². The number of carbonyl (C=O) groups is 1. The molecule has 1 amide bonds. The van der Waals surface area contributed by atoms with E-state index in [0.717, 1.165) is 6.42 Å². The Labute approximate surface area is 122 Å². The van der Waals surface area contributed by atoms with Crippen LogP contribution in [0, 0.1) is 0 Å². The topological polar surface area (TPSA) is 72.9 Å². The molecule has 2 aromatic rings. The number of carbonyl (C=O) groups excluding carboxylic acids is 1. The second kappa shape index (κ2) is 6.54. The highest BCUT2D eigenvalue weighted by Crippen LogP contribution is 2.28. The van der Waals surface area contributed by atoms with Crippen LogP contribution in [-0.2, 0) is 4.79 Å². The average Bonchev–Trinajstić information content (AvgIpc) is 2.92. The Balaban J connectivity index is 2.24. The molecular weight excluding hydrogens is 276 g/mol. The van der Waals surface area contributed by atoms with Gasteiger partial charge in [-0.3, -0.25) is 4.79 Å². The van der Waals surface area contributed by atoms with E-state index < -0.39 is 0 Å². The summed E-state index contributed by atoms with van der Waals surface area (Å²) in [6, 6.07) is 6.99. The van der Waals surface area contributed by atoms with Gasteiger partial charge in [0, 0.05) is 24.9 Å². The van der Waals surface area contributed by atoms with Crippen molar-refractivity contribution in [2.75, 3.05) is 5.32 Å². The number of rotatable bonds is 5. The average molecular weight is 293 g/mol. The minimum Gasteiger partial charge on any atom is -0.327 e. The van der Waals surface area contributed by atoms with Gasteiger partial charge in [-0.15, -0.1) is 0 Å². The molecule has 2 rings (SSSR count). The monoisotopic (exact) mass is 292 g/mol. The number of para-hydroxylation sites is 1. The summed E-state index contributed by atoms with van der Waals surface area (Å²) in [4.78, 5) is 12.0. The minimum atomic E-state index is -0.137. The van der Waals surface area contributed by atoms with Crippen LogP contribution in [0.25, 0.3) is 5.69 Å². The van der Waals surface area contributed by atoms with Gasteiger partial charge in [0.2, 0.25) is 5.91 Å². The van der Waals surface area contributed by atoms with E-state index in [1.54, 1.807) is 41.3 Å².